The van der Waals surface area contributed by atoms with E-state index in [0.29, 0.717) is 81.4 Å². The lowest BCUT2D eigenvalue weighted by Crippen LogP contribution is -2.39. The van der Waals surface area contributed by atoms with Crippen LogP contribution in [0.1, 0.15) is 49.3 Å². The van der Waals surface area contributed by atoms with Crippen molar-refractivity contribution in [2.75, 3.05) is 52.3 Å². The number of urea groups is 1. The molecule has 2 amide bonds. The van der Waals surface area contributed by atoms with E-state index in [1.807, 2.05) is 16.7 Å². The number of piperidine rings is 1. The van der Waals surface area contributed by atoms with Crippen LogP contribution >= 0.6 is 11.6 Å². The van der Waals surface area contributed by atoms with Gasteiger partial charge in [-0.15, -0.1) is 0 Å². The molecule has 5 heterocycles. The third-order valence-corrected chi connectivity index (χ3v) is 9.35. The van der Waals surface area contributed by atoms with Gasteiger partial charge in [0.2, 0.25) is 11.9 Å². The van der Waals surface area contributed by atoms with Gasteiger partial charge < -0.3 is 25.1 Å². The molecule has 3 saturated heterocycles. The Bertz CT molecular complexity index is 1620. The molecule has 49 heavy (non-hydrogen) atoms. The number of carbonyl (C=O) groups is 1. The number of aliphatic hydroxyl groups excluding tert-OH is 1. The predicted molar refractivity (Wildman–Crippen MR) is 170 cm³/mol. The molecule has 3 aromatic rings. The summed E-state index contributed by atoms with van der Waals surface area (Å²) in [5.41, 5.74) is -2.67. The first-order chi connectivity index (χ1) is 23.2. The van der Waals surface area contributed by atoms with E-state index in [-0.39, 0.29) is 47.8 Å². The zero-order valence-corrected chi connectivity index (χ0v) is 27.1. The van der Waals surface area contributed by atoms with Gasteiger partial charge in [0.15, 0.2) is 5.82 Å². The third-order valence-electron chi connectivity index (χ3n) is 9.09. The molecule has 2 aromatic heterocycles. The summed E-state index contributed by atoms with van der Waals surface area (Å²) in [6.45, 7) is 3.75. The minimum Gasteiger partial charge on any atom is -0.393 e. The molecule has 18 heteroatoms. The van der Waals surface area contributed by atoms with Crippen LogP contribution in [0.2, 0.25) is 5.02 Å². The van der Waals surface area contributed by atoms with Gasteiger partial charge in [0.25, 0.3) is 0 Å². The highest BCUT2D eigenvalue weighted by Crippen LogP contribution is 2.39. The second-order valence-corrected chi connectivity index (χ2v) is 12.7. The average Bonchev–Trinajstić information content (AvgIpc) is 3.69. The first-order valence-electron chi connectivity index (χ1n) is 15.9. The van der Waals surface area contributed by atoms with Crippen molar-refractivity contribution in [2.24, 2.45) is 0 Å². The summed E-state index contributed by atoms with van der Waals surface area (Å²) in [5.74, 6) is 0.953. The summed E-state index contributed by atoms with van der Waals surface area (Å²) < 4.78 is 82.7. The van der Waals surface area contributed by atoms with E-state index in [0.717, 1.165) is 0 Å². The molecule has 6 rings (SSSR count). The number of aromatic nitrogens is 4. The molecule has 2 atom stereocenters. The molecule has 3 fully saturated rings. The maximum atomic E-state index is 13.8. The molecule has 2 unspecified atom stereocenters. The van der Waals surface area contributed by atoms with E-state index in [1.54, 1.807) is 4.90 Å². The van der Waals surface area contributed by atoms with Gasteiger partial charge in [-0.05, 0) is 49.4 Å². The highest BCUT2D eigenvalue weighted by Gasteiger charge is 2.40. The summed E-state index contributed by atoms with van der Waals surface area (Å²) in [5, 5.41) is 12.9. The monoisotopic (exact) mass is 713 g/mol. The minimum absolute atomic E-state index is 0.0670. The van der Waals surface area contributed by atoms with E-state index < -0.39 is 35.6 Å². The first-order valence-corrected chi connectivity index (χ1v) is 16.2. The number of halogens is 7. The fraction of sp³-hybridized carbons (Fsp3) is 0.516. The third kappa shape index (κ3) is 7.56. The number of nitrogens with zero attached hydrogens (tertiary/aromatic N) is 8. The number of alkyl halides is 6. The Morgan fingerprint density at radius 3 is 2.20 bits per heavy atom. The van der Waals surface area contributed by atoms with Crippen molar-refractivity contribution in [1.82, 2.24) is 25.3 Å². The molecular weight excluding hydrogens is 680 g/mol. The number of hydrogen-bond acceptors (Lipinski definition) is 9. The molecule has 0 aliphatic carbocycles. The highest BCUT2D eigenvalue weighted by molar-refractivity contribution is 6.32. The molecule has 11 nitrogen and oxygen atoms in total. The number of amides is 2. The number of carbonyl (C=O) groups excluding carboxylic acids is 1. The number of aliphatic hydroxyl groups is 1. The van der Waals surface area contributed by atoms with Crippen LogP contribution in [0.4, 0.5) is 54.5 Å². The Morgan fingerprint density at radius 2 is 1.63 bits per heavy atom. The van der Waals surface area contributed by atoms with Crippen LogP contribution in [0, 0.1) is 0 Å². The van der Waals surface area contributed by atoms with Gasteiger partial charge in [0.1, 0.15) is 5.02 Å². The zero-order valence-electron chi connectivity index (χ0n) is 26.3. The molecule has 0 spiro atoms. The Kier molecular flexibility index (Phi) is 9.68. The topological polar surface area (TPSA) is 114 Å². The molecule has 1 aromatic carbocycles. The maximum absolute atomic E-state index is 13.8. The number of benzene rings is 1. The van der Waals surface area contributed by atoms with Gasteiger partial charge in [-0.3, -0.25) is 4.90 Å². The predicted octanol–water partition coefficient (Wildman–Crippen LogP) is 5.51. The van der Waals surface area contributed by atoms with Crippen LogP contribution < -0.4 is 24.9 Å². The second-order valence-electron chi connectivity index (χ2n) is 12.3. The van der Waals surface area contributed by atoms with Crippen molar-refractivity contribution in [1.29, 1.82) is 0 Å². The van der Waals surface area contributed by atoms with Crippen LogP contribution in [0.5, 0.6) is 0 Å². The first kappa shape index (κ1) is 34.7. The van der Waals surface area contributed by atoms with Gasteiger partial charge in [-0.2, -0.15) is 31.3 Å². The van der Waals surface area contributed by atoms with Crippen LogP contribution in [0.25, 0.3) is 0 Å². The smallest absolute Gasteiger partial charge is 0.393 e. The van der Waals surface area contributed by atoms with Gasteiger partial charge in [0, 0.05) is 45.3 Å². The van der Waals surface area contributed by atoms with Crippen molar-refractivity contribution in [3.05, 3.63) is 58.5 Å². The van der Waals surface area contributed by atoms with Crippen molar-refractivity contribution in [2.45, 2.75) is 69.7 Å². The lowest BCUT2D eigenvalue weighted by Gasteiger charge is -2.32. The molecule has 0 bridgehead atoms. The van der Waals surface area contributed by atoms with Gasteiger partial charge >= 0.3 is 18.4 Å². The van der Waals surface area contributed by atoms with Crippen molar-refractivity contribution < 1.29 is 36.2 Å². The standard InChI is InChI=1S/C31H34ClF6N9O2/c1-2-21-12-22(17-46(21)26-25(32)15-42-28(43-26)44-6-3-24(48)4-7-44)47(27-40-13-23(14-41-27)45-8-5-39-29(45)49)16-18-9-19(30(33,34)35)11-20(10-18)31(36,37)38/h9-11,13-15,21-22,24,48H,2-8,12,16-17H2,1H3,(H,39,49). The summed E-state index contributed by atoms with van der Waals surface area (Å²) in [7, 11) is 0. The molecular formula is C31H34ClF6N9O2. The molecule has 0 saturated carbocycles. The maximum Gasteiger partial charge on any atom is 0.416 e. The lowest BCUT2D eigenvalue weighted by atomic mass is 10.0. The van der Waals surface area contributed by atoms with Crippen molar-refractivity contribution >= 4 is 41.0 Å². The van der Waals surface area contributed by atoms with E-state index in [9.17, 15) is 36.2 Å². The van der Waals surface area contributed by atoms with E-state index in [4.69, 9.17) is 16.6 Å². The Morgan fingerprint density at radius 1 is 0.980 bits per heavy atom. The largest absolute Gasteiger partial charge is 0.416 e. The Balaban J connectivity index is 1.36. The highest BCUT2D eigenvalue weighted by atomic mass is 35.5. The van der Waals surface area contributed by atoms with E-state index in [2.05, 4.69) is 20.3 Å². The summed E-state index contributed by atoms with van der Waals surface area (Å²) in [6, 6.07) is 0.528. The Labute approximate surface area is 282 Å². The molecule has 0 radical (unpaired) electrons. The van der Waals surface area contributed by atoms with Gasteiger partial charge in [0.05, 0.1) is 47.6 Å². The quantitative estimate of drug-likeness (QED) is 0.292. The van der Waals surface area contributed by atoms with Gasteiger partial charge in [-0.25, -0.2) is 19.7 Å². The SMILES string of the molecule is CCC1CC(N(Cc2cc(C(F)(F)F)cc(C(F)(F)F)c2)c2ncc(N3CCNC3=O)cn2)CN1c1nc(N2CCC(O)CC2)ncc1Cl. The fourth-order valence-corrected chi connectivity index (χ4v) is 6.72. The van der Waals surface area contributed by atoms with Crippen LogP contribution in [0.3, 0.4) is 0 Å². The van der Waals surface area contributed by atoms with Crippen LogP contribution in [-0.4, -0.2) is 82.0 Å². The van der Waals surface area contributed by atoms with Crippen LogP contribution in [-0.2, 0) is 18.9 Å². The van der Waals surface area contributed by atoms with Gasteiger partial charge in [-0.1, -0.05) is 18.5 Å². The lowest BCUT2D eigenvalue weighted by molar-refractivity contribution is -0.143. The Hall–Kier alpha value is -4.12. The summed E-state index contributed by atoms with van der Waals surface area (Å²) >= 11 is 6.63. The molecule has 3 aliphatic heterocycles. The van der Waals surface area contributed by atoms with Crippen molar-refractivity contribution in [3.63, 3.8) is 0 Å². The van der Waals surface area contributed by atoms with Crippen molar-refractivity contribution in [3.8, 4) is 0 Å². The number of rotatable bonds is 8. The molecule has 3 aliphatic rings. The molecule has 2 N–H and O–H groups in total. The normalized spacial score (nSPS) is 20.7. The van der Waals surface area contributed by atoms with E-state index >= 15 is 0 Å². The average molecular weight is 714 g/mol. The molecule has 264 valence electrons. The fourth-order valence-electron chi connectivity index (χ4n) is 6.52. The van der Waals surface area contributed by atoms with E-state index in [1.165, 1.54) is 23.5 Å². The number of nitrogens with one attached hydrogen (secondary N) is 1. The number of anilines is 4. The summed E-state index contributed by atoms with van der Waals surface area (Å²) in [4.78, 5) is 37.2. The summed E-state index contributed by atoms with van der Waals surface area (Å²) in [6.07, 6.45) is -3.93. The van der Waals surface area contributed by atoms with Crippen LogP contribution in [0.15, 0.2) is 36.8 Å². The number of hydrogen-bond donors (Lipinski definition) is 2. The zero-order chi connectivity index (χ0) is 35.1. The second kappa shape index (κ2) is 13.7. The minimum atomic E-state index is -5.01.